The zero-order valence-corrected chi connectivity index (χ0v) is 16.9. The molecule has 164 valence electrons. The molecule has 7 nitrogen and oxygen atoms in total. The van der Waals surface area contributed by atoms with Crippen LogP contribution in [-0.2, 0) is 11.2 Å². The van der Waals surface area contributed by atoms with Crippen LogP contribution in [0.1, 0.15) is 17.8 Å². The summed E-state index contributed by atoms with van der Waals surface area (Å²) in [6, 6.07) is 11.7. The van der Waals surface area contributed by atoms with Gasteiger partial charge in [0.1, 0.15) is 5.82 Å². The van der Waals surface area contributed by atoms with Crippen LogP contribution in [-0.4, -0.2) is 41.0 Å². The van der Waals surface area contributed by atoms with Crippen LogP contribution in [0.15, 0.2) is 42.5 Å². The number of aromatic nitrogens is 3. The summed E-state index contributed by atoms with van der Waals surface area (Å²) in [6.07, 6.45) is -3.86. The van der Waals surface area contributed by atoms with E-state index in [1.165, 1.54) is 13.2 Å². The Morgan fingerprint density at radius 1 is 1.13 bits per heavy atom. The van der Waals surface area contributed by atoms with Crippen molar-refractivity contribution in [3.8, 4) is 22.9 Å². The van der Waals surface area contributed by atoms with Crippen LogP contribution in [0.4, 0.5) is 18.9 Å². The van der Waals surface area contributed by atoms with Crippen LogP contribution in [0.25, 0.3) is 11.4 Å². The van der Waals surface area contributed by atoms with Gasteiger partial charge in [-0.05, 0) is 55.3 Å². The number of aromatic amines is 1. The van der Waals surface area contributed by atoms with Crippen molar-refractivity contribution in [1.82, 2.24) is 15.2 Å². The van der Waals surface area contributed by atoms with Gasteiger partial charge in [0.15, 0.2) is 23.9 Å². The summed E-state index contributed by atoms with van der Waals surface area (Å²) < 4.78 is 46.9. The molecule has 3 rings (SSSR count). The van der Waals surface area contributed by atoms with E-state index < -0.39 is 12.8 Å². The number of hydrogen-bond acceptors (Lipinski definition) is 5. The Morgan fingerprint density at radius 2 is 1.87 bits per heavy atom. The van der Waals surface area contributed by atoms with Crippen LogP contribution in [0.3, 0.4) is 0 Å². The number of amides is 1. The molecule has 1 aromatic heterocycles. The third-order valence-corrected chi connectivity index (χ3v) is 4.28. The first-order valence-electron chi connectivity index (χ1n) is 9.39. The molecule has 10 heteroatoms. The average molecular weight is 434 g/mol. The Labute approximate surface area is 176 Å². The molecule has 2 aromatic carbocycles. The summed E-state index contributed by atoms with van der Waals surface area (Å²) in [4.78, 5) is 16.5. The predicted octanol–water partition coefficient (Wildman–Crippen LogP) is 4.30. The maximum absolute atomic E-state index is 12.3. The predicted molar refractivity (Wildman–Crippen MR) is 108 cm³/mol. The number of anilines is 1. The topological polar surface area (TPSA) is 89.1 Å². The molecule has 31 heavy (non-hydrogen) atoms. The summed E-state index contributed by atoms with van der Waals surface area (Å²) >= 11 is 0. The van der Waals surface area contributed by atoms with Crippen LogP contribution in [0.2, 0.25) is 0 Å². The zero-order valence-electron chi connectivity index (χ0n) is 16.9. The highest BCUT2D eigenvalue weighted by Crippen LogP contribution is 2.30. The lowest BCUT2D eigenvalue weighted by Gasteiger charge is -2.13. The zero-order chi connectivity index (χ0) is 22.4. The fourth-order valence-corrected chi connectivity index (χ4v) is 2.80. The number of alkyl halides is 3. The SMILES string of the molecule is COc1cc(CCC(=O)Nc2ccc(-c3n[nH]c(C)n3)cc2)ccc1OCC(F)(F)F. The van der Waals surface area contributed by atoms with Gasteiger partial charge in [-0.15, -0.1) is 0 Å². The molecule has 1 amide bonds. The van der Waals surface area contributed by atoms with Gasteiger partial charge < -0.3 is 14.8 Å². The molecule has 0 fully saturated rings. The highest BCUT2D eigenvalue weighted by molar-refractivity contribution is 5.91. The van der Waals surface area contributed by atoms with Crippen molar-refractivity contribution in [2.75, 3.05) is 19.0 Å². The van der Waals surface area contributed by atoms with E-state index in [0.29, 0.717) is 23.8 Å². The van der Waals surface area contributed by atoms with E-state index in [0.717, 1.165) is 11.1 Å². The summed E-state index contributed by atoms with van der Waals surface area (Å²) in [7, 11) is 1.34. The first-order chi connectivity index (χ1) is 14.7. The number of methoxy groups -OCH3 is 1. The highest BCUT2D eigenvalue weighted by Gasteiger charge is 2.29. The van der Waals surface area contributed by atoms with E-state index in [9.17, 15) is 18.0 Å². The molecule has 0 saturated carbocycles. The molecule has 0 aliphatic carbocycles. The molecule has 2 N–H and O–H groups in total. The molecular formula is C21H21F3N4O3. The molecular weight excluding hydrogens is 413 g/mol. The quantitative estimate of drug-likeness (QED) is 0.552. The van der Waals surface area contributed by atoms with Gasteiger partial charge in [-0.1, -0.05) is 6.07 Å². The number of H-pyrrole nitrogens is 1. The lowest BCUT2D eigenvalue weighted by Crippen LogP contribution is -2.19. The van der Waals surface area contributed by atoms with E-state index in [4.69, 9.17) is 9.47 Å². The fraction of sp³-hybridized carbons (Fsp3) is 0.286. The van der Waals surface area contributed by atoms with E-state index in [1.54, 1.807) is 24.3 Å². The lowest BCUT2D eigenvalue weighted by molar-refractivity contribution is -0.153. The van der Waals surface area contributed by atoms with Gasteiger partial charge in [-0.2, -0.15) is 18.3 Å². The maximum atomic E-state index is 12.3. The van der Waals surface area contributed by atoms with E-state index in [2.05, 4.69) is 20.5 Å². The second-order valence-corrected chi connectivity index (χ2v) is 6.76. The summed E-state index contributed by atoms with van der Waals surface area (Å²) in [6.45, 7) is 0.406. The third kappa shape index (κ3) is 6.46. The minimum atomic E-state index is -4.44. The standard InChI is InChI=1S/C21H21F3N4O3/c1-13-25-20(28-27-13)15-5-7-16(8-6-15)26-19(29)10-4-14-3-9-17(18(11-14)30-2)31-12-21(22,23)24/h3,5-9,11H,4,10,12H2,1-2H3,(H,26,29)(H,25,27,28). The fourth-order valence-electron chi connectivity index (χ4n) is 2.80. The second kappa shape index (κ2) is 9.50. The number of ether oxygens (including phenoxy) is 2. The Kier molecular flexibility index (Phi) is 6.78. The minimum Gasteiger partial charge on any atom is -0.493 e. The van der Waals surface area contributed by atoms with Gasteiger partial charge in [0, 0.05) is 17.7 Å². The summed E-state index contributed by atoms with van der Waals surface area (Å²) in [5.41, 5.74) is 2.19. The maximum Gasteiger partial charge on any atom is 0.422 e. The minimum absolute atomic E-state index is 0.00490. The van der Waals surface area contributed by atoms with E-state index in [-0.39, 0.29) is 23.8 Å². The molecule has 0 radical (unpaired) electrons. The Balaban J connectivity index is 1.54. The molecule has 0 bridgehead atoms. The van der Waals surface area contributed by atoms with Crippen molar-refractivity contribution in [1.29, 1.82) is 0 Å². The van der Waals surface area contributed by atoms with Gasteiger partial charge in [0.05, 0.1) is 7.11 Å². The average Bonchev–Trinajstić information content (AvgIpc) is 3.17. The van der Waals surface area contributed by atoms with E-state index >= 15 is 0 Å². The number of aryl methyl sites for hydroxylation is 2. The number of halogens is 3. The molecule has 0 spiro atoms. The lowest BCUT2D eigenvalue weighted by atomic mass is 10.1. The first kappa shape index (κ1) is 22.1. The smallest absolute Gasteiger partial charge is 0.422 e. The molecule has 0 atom stereocenters. The number of benzene rings is 2. The number of nitrogens with zero attached hydrogens (tertiary/aromatic N) is 2. The van der Waals surface area contributed by atoms with Crippen molar-refractivity contribution >= 4 is 11.6 Å². The number of rotatable bonds is 8. The van der Waals surface area contributed by atoms with Gasteiger partial charge in [0.25, 0.3) is 0 Å². The Hall–Kier alpha value is -3.56. The number of hydrogen-bond donors (Lipinski definition) is 2. The Morgan fingerprint density at radius 3 is 2.48 bits per heavy atom. The monoisotopic (exact) mass is 434 g/mol. The number of carbonyl (C=O) groups is 1. The van der Waals surface area contributed by atoms with Crippen molar-refractivity contribution in [3.63, 3.8) is 0 Å². The molecule has 3 aromatic rings. The van der Waals surface area contributed by atoms with Crippen LogP contribution < -0.4 is 14.8 Å². The van der Waals surface area contributed by atoms with Gasteiger partial charge >= 0.3 is 6.18 Å². The van der Waals surface area contributed by atoms with E-state index in [1.807, 2.05) is 19.1 Å². The Bertz CT molecular complexity index is 1030. The highest BCUT2D eigenvalue weighted by atomic mass is 19.4. The summed E-state index contributed by atoms with van der Waals surface area (Å²) in [5, 5.41) is 9.66. The molecule has 0 aliphatic heterocycles. The first-order valence-corrected chi connectivity index (χ1v) is 9.39. The van der Waals surface area contributed by atoms with Crippen molar-refractivity contribution in [3.05, 3.63) is 53.9 Å². The molecule has 1 heterocycles. The van der Waals surface area contributed by atoms with Crippen molar-refractivity contribution in [2.24, 2.45) is 0 Å². The number of nitrogens with one attached hydrogen (secondary N) is 2. The molecule has 0 aliphatic rings. The largest absolute Gasteiger partial charge is 0.493 e. The normalized spacial score (nSPS) is 11.3. The van der Waals surface area contributed by atoms with Gasteiger partial charge in [-0.25, -0.2) is 4.98 Å². The third-order valence-electron chi connectivity index (χ3n) is 4.28. The summed E-state index contributed by atoms with van der Waals surface area (Å²) in [5.74, 6) is 1.27. The van der Waals surface area contributed by atoms with Gasteiger partial charge in [0.2, 0.25) is 5.91 Å². The van der Waals surface area contributed by atoms with Gasteiger partial charge in [-0.3, -0.25) is 9.89 Å². The number of carbonyl (C=O) groups excluding carboxylic acids is 1. The molecule has 0 unspecified atom stereocenters. The van der Waals surface area contributed by atoms with Crippen molar-refractivity contribution < 1.29 is 27.4 Å². The second-order valence-electron chi connectivity index (χ2n) is 6.76. The van der Waals surface area contributed by atoms with Crippen LogP contribution >= 0.6 is 0 Å². The molecule has 0 saturated heterocycles. The van der Waals surface area contributed by atoms with Crippen LogP contribution in [0, 0.1) is 6.92 Å². The van der Waals surface area contributed by atoms with Crippen molar-refractivity contribution in [2.45, 2.75) is 25.9 Å². The van der Waals surface area contributed by atoms with Crippen LogP contribution in [0.5, 0.6) is 11.5 Å².